The minimum absolute atomic E-state index is 0.00324. The first-order chi connectivity index (χ1) is 9.53. The zero-order valence-corrected chi connectivity index (χ0v) is 12.4. The molecule has 0 aliphatic heterocycles. The third-order valence-corrected chi connectivity index (χ3v) is 3.44. The maximum absolute atomic E-state index is 11.1. The molecule has 0 saturated heterocycles. The molecule has 1 aromatic carbocycles. The van der Waals surface area contributed by atoms with E-state index in [4.69, 9.17) is 4.74 Å². The Hall–Kier alpha value is -1.75. The number of ether oxygens (including phenoxy) is 1. The normalized spacial score (nSPS) is 13.4. The van der Waals surface area contributed by atoms with Crippen molar-refractivity contribution >= 4 is 11.6 Å². The van der Waals surface area contributed by atoms with Gasteiger partial charge in [-0.25, -0.2) is 0 Å². The maximum atomic E-state index is 11.1. The molecule has 1 unspecified atom stereocenters. The molecule has 0 aliphatic rings. The van der Waals surface area contributed by atoms with E-state index in [1.54, 1.807) is 13.1 Å². The molecule has 5 heteroatoms. The Bertz CT molecular complexity index is 431. The predicted octanol–water partition coefficient (Wildman–Crippen LogP) is 1.63. The van der Waals surface area contributed by atoms with Crippen molar-refractivity contribution in [2.75, 3.05) is 32.1 Å². The number of benzene rings is 1. The monoisotopic (exact) mass is 280 g/mol. The van der Waals surface area contributed by atoms with E-state index in [0.717, 1.165) is 12.1 Å². The lowest BCUT2D eigenvalue weighted by molar-refractivity contribution is -0.122. The van der Waals surface area contributed by atoms with Crippen LogP contribution in [0.4, 0.5) is 5.69 Å². The van der Waals surface area contributed by atoms with Crippen molar-refractivity contribution in [2.24, 2.45) is 5.41 Å². The van der Waals surface area contributed by atoms with Crippen LogP contribution in [0.5, 0.6) is 5.75 Å². The van der Waals surface area contributed by atoms with Gasteiger partial charge in [-0.1, -0.05) is 19.9 Å². The Kier molecular flexibility index (Phi) is 6.31. The van der Waals surface area contributed by atoms with Crippen LogP contribution in [-0.4, -0.2) is 37.8 Å². The van der Waals surface area contributed by atoms with Gasteiger partial charge in [0.15, 0.2) is 6.61 Å². The molecule has 0 saturated carbocycles. The number of hydrogen-bond donors (Lipinski definition) is 3. The maximum Gasteiger partial charge on any atom is 0.257 e. The van der Waals surface area contributed by atoms with Crippen molar-refractivity contribution in [3.63, 3.8) is 0 Å². The Morgan fingerprint density at radius 3 is 2.80 bits per heavy atom. The standard InChI is InChI=1S/C15H24N2O3/c1-4-15(2,11-18)10-17-12-6-5-7-13(8-12)20-9-14(19)16-3/h5-8,17-18H,4,9-11H2,1-3H3,(H,16,19). The van der Waals surface area contributed by atoms with Gasteiger partial charge in [0, 0.05) is 30.8 Å². The van der Waals surface area contributed by atoms with Crippen LogP contribution in [0.2, 0.25) is 0 Å². The van der Waals surface area contributed by atoms with Gasteiger partial charge in [-0.15, -0.1) is 0 Å². The number of carbonyl (C=O) groups is 1. The van der Waals surface area contributed by atoms with Crippen LogP contribution in [0.3, 0.4) is 0 Å². The minimum Gasteiger partial charge on any atom is -0.484 e. The summed E-state index contributed by atoms with van der Waals surface area (Å²) >= 11 is 0. The summed E-state index contributed by atoms with van der Waals surface area (Å²) in [6, 6.07) is 7.44. The van der Waals surface area contributed by atoms with Crippen molar-refractivity contribution in [3.8, 4) is 5.75 Å². The molecule has 0 radical (unpaired) electrons. The van der Waals surface area contributed by atoms with Gasteiger partial charge in [0.1, 0.15) is 5.75 Å². The SMILES string of the molecule is CCC(C)(CO)CNc1cccc(OCC(=O)NC)c1. The van der Waals surface area contributed by atoms with Crippen LogP contribution in [-0.2, 0) is 4.79 Å². The fourth-order valence-electron chi connectivity index (χ4n) is 1.53. The van der Waals surface area contributed by atoms with Gasteiger partial charge in [-0.3, -0.25) is 4.79 Å². The molecule has 1 aromatic rings. The van der Waals surface area contributed by atoms with Crippen LogP contribution >= 0.6 is 0 Å². The highest BCUT2D eigenvalue weighted by Gasteiger charge is 2.20. The first-order valence-corrected chi connectivity index (χ1v) is 6.81. The molecule has 1 atom stereocenters. The molecule has 0 spiro atoms. The number of likely N-dealkylation sites (N-methyl/N-ethyl adjacent to an activating group) is 1. The molecule has 3 N–H and O–H groups in total. The zero-order chi connectivity index (χ0) is 15.0. The average Bonchev–Trinajstić information content (AvgIpc) is 2.50. The number of anilines is 1. The topological polar surface area (TPSA) is 70.6 Å². The summed E-state index contributed by atoms with van der Waals surface area (Å²) in [5, 5.41) is 15.2. The molecule has 0 bridgehead atoms. The van der Waals surface area contributed by atoms with Crippen LogP contribution in [0.15, 0.2) is 24.3 Å². The number of carbonyl (C=O) groups excluding carboxylic acids is 1. The summed E-state index contributed by atoms with van der Waals surface area (Å²) in [6.45, 7) is 4.91. The predicted molar refractivity (Wildman–Crippen MR) is 80.0 cm³/mol. The number of aliphatic hydroxyl groups excluding tert-OH is 1. The number of nitrogens with one attached hydrogen (secondary N) is 2. The van der Waals surface area contributed by atoms with Crippen molar-refractivity contribution in [1.82, 2.24) is 5.32 Å². The third kappa shape index (κ3) is 5.09. The Morgan fingerprint density at radius 2 is 2.20 bits per heavy atom. The fraction of sp³-hybridized carbons (Fsp3) is 0.533. The van der Waals surface area contributed by atoms with E-state index in [1.165, 1.54) is 0 Å². The summed E-state index contributed by atoms with van der Waals surface area (Å²) < 4.78 is 5.38. The summed E-state index contributed by atoms with van der Waals surface area (Å²) in [5.74, 6) is 0.475. The molecule has 0 heterocycles. The quantitative estimate of drug-likeness (QED) is 0.677. The van der Waals surface area contributed by atoms with Gasteiger partial charge in [-0.2, -0.15) is 0 Å². The Labute approximate surface area is 120 Å². The minimum atomic E-state index is -0.165. The molecule has 1 rings (SSSR count). The van der Waals surface area contributed by atoms with Gasteiger partial charge in [0.05, 0.1) is 6.61 Å². The summed E-state index contributed by atoms with van der Waals surface area (Å²) in [4.78, 5) is 11.1. The smallest absolute Gasteiger partial charge is 0.257 e. The van der Waals surface area contributed by atoms with Crippen LogP contribution in [0, 0.1) is 5.41 Å². The zero-order valence-electron chi connectivity index (χ0n) is 12.4. The van der Waals surface area contributed by atoms with Crippen LogP contribution < -0.4 is 15.4 Å². The highest BCUT2D eigenvalue weighted by atomic mass is 16.5. The largest absolute Gasteiger partial charge is 0.484 e. The van der Waals surface area contributed by atoms with Gasteiger partial charge >= 0.3 is 0 Å². The number of amides is 1. The van der Waals surface area contributed by atoms with E-state index >= 15 is 0 Å². The summed E-state index contributed by atoms with van der Waals surface area (Å²) in [6.07, 6.45) is 0.892. The van der Waals surface area contributed by atoms with E-state index in [9.17, 15) is 9.90 Å². The van der Waals surface area contributed by atoms with Crippen molar-refractivity contribution in [1.29, 1.82) is 0 Å². The lowest BCUT2D eigenvalue weighted by Gasteiger charge is -2.26. The lowest BCUT2D eigenvalue weighted by atomic mass is 9.88. The lowest BCUT2D eigenvalue weighted by Crippen LogP contribution is -2.29. The summed E-state index contributed by atoms with van der Waals surface area (Å²) in [7, 11) is 1.57. The van der Waals surface area contributed by atoms with Gasteiger partial charge in [-0.05, 0) is 18.6 Å². The molecule has 112 valence electrons. The number of rotatable bonds is 8. The van der Waals surface area contributed by atoms with E-state index in [2.05, 4.69) is 17.6 Å². The molecule has 1 amide bonds. The van der Waals surface area contributed by atoms with E-state index in [-0.39, 0.29) is 24.5 Å². The van der Waals surface area contributed by atoms with E-state index in [1.807, 2.05) is 25.1 Å². The summed E-state index contributed by atoms with van der Waals surface area (Å²) in [5.41, 5.74) is 0.770. The first kappa shape index (κ1) is 16.3. The average molecular weight is 280 g/mol. The Morgan fingerprint density at radius 1 is 1.45 bits per heavy atom. The first-order valence-electron chi connectivity index (χ1n) is 6.81. The van der Waals surface area contributed by atoms with Crippen LogP contribution in [0.1, 0.15) is 20.3 Å². The molecule has 5 nitrogen and oxygen atoms in total. The molecule has 0 aliphatic carbocycles. The third-order valence-electron chi connectivity index (χ3n) is 3.44. The molecular formula is C15H24N2O3. The molecule has 0 aromatic heterocycles. The molecule has 0 fully saturated rings. The van der Waals surface area contributed by atoms with Crippen LogP contribution in [0.25, 0.3) is 0 Å². The Balaban J connectivity index is 2.57. The molecule has 20 heavy (non-hydrogen) atoms. The van der Waals surface area contributed by atoms with Crippen molar-refractivity contribution < 1.29 is 14.6 Å². The number of aliphatic hydroxyl groups is 1. The molecular weight excluding hydrogens is 256 g/mol. The second kappa shape index (κ2) is 7.75. The van der Waals surface area contributed by atoms with Crippen molar-refractivity contribution in [3.05, 3.63) is 24.3 Å². The van der Waals surface area contributed by atoms with Gasteiger partial charge < -0.3 is 20.5 Å². The second-order valence-electron chi connectivity index (χ2n) is 5.17. The van der Waals surface area contributed by atoms with Gasteiger partial charge in [0.25, 0.3) is 5.91 Å². The van der Waals surface area contributed by atoms with Gasteiger partial charge in [0.2, 0.25) is 0 Å². The van der Waals surface area contributed by atoms with E-state index in [0.29, 0.717) is 12.3 Å². The van der Waals surface area contributed by atoms with Crippen molar-refractivity contribution in [2.45, 2.75) is 20.3 Å². The number of hydrogen-bond acceptors (Lipinski definition) is 4. The highest BCUT2D eigenvalue weighted by Crippen LogP contribution is 2.23. The highest BCUT2D eigenvalue weighted by molar-refractivity contribution is 5.77. The van der Waals surface area contributed by atoms with E-state index < -0.39 is 0 Å². The second-order valence-corrected chi connectivity index (χ2v) is 5.17. The fourth-order valence-corrected chi connectivity index (χ4v) is 1.53.